The molecular weight excluding hydrogens is 426 g/mol. The minimum Gasteiger partial charge on any atom is -0.390 e. The number of amides is 1. The second kappa shape index (κ2) is 8.35. The van der Waals surface area contributed by atoms with E-state index < -0.39 is 5.60 Å². The van der Waals surface area contributed by atoms with E-state index in [2.05, 4.69) is 20.0 Å². The molecule has 3 heterocycles. The predicted molar refractivity (Wildman–Crippen MR) is 129 cm³/mol. The van der Waals surface area contributed by atoms with Crippen LogP contribution in [0, 0.1) is 24.3 Å². The molecule has 0 radical (unpaired) electrons. The maximum absolute atomic E-state index is 13.2. The van der Waals surface area contributed by atoms with Crippen molar-refractivity contribution >= 4 is 17.4 Å². The van der Waals surface area contributed by atoms with Gasteiger partial charge in [0.2, 0.25) is 5.69 Å². The van der Waals surface area contributed by atoms with Gasteiger partial charge in [-0.1, -0.05) is 12.1 Å². The molecule has 4 bridgehead atoms. The van der Waals surface area contributed by atoms with E-state index in [0.29, 0.717) is 35.1 Å². The van der Waals surface area contributed by atoms with Gasteiger partial charge in [-0.05, 0) is 80.9 Å². The van der Waals surface area contributed by atoms with Crippen LogP contribution in [-0.2, 0) is 0 Å². The van der Waals surface area contributed by atoms with Crippen molar-refractivity contribution in [1.82, 2.24) is 15.3 Å². The van der Waals surface area contributed by atoms with Crippen molar-refractivity contribution < 1.29 is 9.90 Å². The zero-order chi connectivity index (χ0) is 23.3. The third-order valence-corrected chi connectivity index (χ3v) is 8.64. The van der Waals surface area contributed by atoms with Gasteiger partial charge in [-0.2, -0.15) is 0 Å². The summed E-state index contributed by atoms with van der Waals surface area (Å²) in [5.41, 5.74) is 1.56. The molecule has 2 aromatic rings. The predicted octanol–water partition coefficient (Wildman–Crippen LogP) is 4.08. The lowest BCUT2D eigenvalue weighted by atomic mass is 9.52. The van der Waals surface area contributed by atoms with Gasteiger partial charge in [0.15, 0.2) is 0 Å². The summed E-state index contributed by atoms with van der Waals surface area (Å²) >= 11 is 0. The van der Waals surface area contributed by atoms with Gasteiger partial charge < -0.3 is 15.3 Å². The van der Waals surface area contributed by atoms with Crippen molar-refractivity contribution in [3.63, 3.8) is 0 Å². The molecule has 2 unspecified atom stereocenters. The first kappa shape index (κ1) is 21.5. The van der Waals surface area contributed by atoms with Crippen molar-refractivity contribution in [3.05, 3.63) is 59.3 Å². The summed E-state index contributed by atoms with van der Waals surface area (Å²) in [6, 6.07) is 9.71. The number of rotatable bonds is 4. The summed E-state index contributed by atoms with van der Waals surface area (Å²) in [5, 5.41) is 14.1. The van der Waals surface area contributed by atoms with Gasteiger partial charge >= 0.3 is 0 Å². The Hall–Kier alpha value is -2.98. The van der Waals surface area contributed by atoms with E-state index in [1.54, 1.807) is 6.20 Å². The van der Waals surface area contributed by atoms with Crippen LogP contribution in [0.1, 0.15) is 67.0 Å². The number of piperidine rings is 1. The molecule has 5 aliphatic rings. The smallest absolute Gasteiger partial charge is 0.270 e. The number of carbonyl (C=O) groups is 1. The first-order valence-corrected chi connectivity index (χ1v) is 12.6. The van der Waals surface area contributed by atoms with E-state index in [9.17, 15) is 9.90 Å². The van der Waals surface area contributed by atoms with Crippen LogP contribution < -0.4 is 10.2 Å². The summed E-state index contributed by atoms with van der Waals surface area (Å²) in [6.07, 6.45) is 8.40. The summed E-state index contributed by atoms with van der Waals surface area (Å²) in [4.78, 5) is 28.0. The van der Waals surface area contributed by atoms with Gasteiger partial charge in [0.25, 0.3) is 5.91 Å². The molecular formula is C27H31N5O2. The first-order valence-electron chi connectivity index (χ1n) is 12.6. The third-order valence-electron chi connectivity index (χ3n) is 8.64. The number of aromatic nitrogens is 2. The molecule has 176 valence electrons. The molecule has 5 fully saturated rings. The molecule has 7 heteroatoms. The van der Waals surface area contributed by atoms with Gasteiger partial charge in [-0.3, -0.25) is 9.78 Å². The zero-order valence-corrected chi connectivity index (χ0v) is 19.4. The number of hydrogen-bond acceptors (Lipinski definition) is 5. The summed E-state index contributed by atoms with van der Waals surface area (Å²) in [7, 11) is 0. The van der Waals surface area contributed by atoms with E-state index >= 15 is 0 Å². The highest BCUT2D eigenvalue weighted by molar-refractivity contribution is 5.92. The van der Waals surface area contributed by atoms with Gasteiger partial charge in [-0.25, -0.2) is 9.83 Å². The lowest BCUT2D eigenvalue weighted by Gasteiger charge is -2.58. The molecule has 0 spiro atoms. The van der Waals surface area contributed by atoms with E-state index in [-0.39, 0.29) is 11.9 Å². The second-order valence-corrected chi connectivity index (χ2v) is 10.9. The number of anilines is 1. The number of carbonyl (C=O) groups excluding carboxylic acids is 1. The Balaban J connectivity index is 1.09. The van der Waals surface area contributed by atoms with Crippen molar-refractivity contribution in [3.8, 4) is 0 Å². The fourth-order valence-electron chi connectivity index (χ4n) is 7.28. The largest absolute Gasteiger partial charge is 0.390 e. The molecule has 1 aliphatic heterocycles. The highest BCUT2D eigenvalue weighted by Crippen LogP contribution is 2.55. The average molecular weight is 458 g/mol. The van der Waals surface area contributed by atoms with Gasteiger partial charge in [0.1, 0.15) is 11.5 Å². The van der Waals surface area contributed by atoms with Crippen molar-refractivity contribution in [2.45, 2.75) is 62.5 Å². The van der Waals surface area contributed by atoms with Crippen LogP contribution in [0.5, 0.6) is 0 Å². The van der Waals surface area contributed by atoms with Crippen LogP contribution in [-0.4, -0.2) is 45.7 Å². The number of nitrogens with one attached hydrogen (secondary N) is 1. The molecule has 4 aliphatic carbocycles. The van der Waals surface area contributed by atoms with Gasteiger partial charge in [0, 0.05) is 36.9 Å². The second-order valence-electron chi connectivity index (χ2n) is 10.9. The van der Waals surface area contributed by atoms with Gasteiger partial charge in [-0.15, -0.1) is 0 Å². The molecule has 4 saturated carbocycles. The maximum atomic E-state index is 13.2. The van der Waals surface area contributed by atoms with Crippen molar-refractivity contribution in [1.29, 1.82) is 0 Å². The van der Waals surface area contributed by atoms with E-state index in [1.165, 1.54) is 0 Å². The fourth-order valence-corrected chi connectivity index (χ4v) is 7.28. The highest BCUT2D eigenvalue weighted by Gasteiger charge is 2.55. The van der Waals surface area contributed by atoms with Gasteiger partial charge in [0.05, 0.1) is 12.2 Å². The fraction of sp³-hybridized carbons (Fsp3) is 0.556. The van der Waals surface area contributed by atoms with Crippen LogP contribution in [0.3, 0.4) is 0 Å². The van der Waals surface area contributed by atoms with Crippen LogP contribution in [0.15, 0.2) is 36.5 Å². The normalized spacial score (nSPS) is 32.4. The molecule has 34 heavy (non-hydrogen) atoms. The van der Waals surface area contributed by atoms with E-state index in [1.807, 2.05) is 30.3 Å². The average Bonchev–Trinajstić information content (AvgIpc) is 2.85. The molecule has 2 aromatic heterocycles. The number of hydrogen-bond donors (Lipinski definition) is 2. The molecule has 7 rings (SSSR count). The zero-order valence-electron chi connectivity index (χ0n) is 19.4. The van der Waals surface area contributed by atoms with Crippen LogP contribution in [0.2, 0.25) is 0 Å². The summed E-state index contributed by atoms with van der Waals surface area (Å²) in [6.45, 7) is 8.83. The topological polar surface area (TPSA) is 82.7 Å². The molecule has 1 saturated heterocycles. The number of nitrogens with zero attached hydrogens (tertiary/aromatic N) is 4. The Morgan fingerprint density at radius 3 is 2.53 bits per heavy atom. The number of aliphatic hydroxyl groups is 1. The molecule has 0 aromatic carbocycles. The Labute approximate surface area is 200 Å². The highest BCUT2D eigenvalue weighted by atomic mass is 16.3. The molecule has 1 amide bonds. The van der Waals surface area contributed by atoms with Crippen molar-refractivity contribution in [2.24, 2.45) is 17.8 Å². The Kier molecular flexibility index (Phi) is 5.29. The quantitative estimate of drug-likeness (QED) is 0.676. The lowest BCUT2D eigenvalue weighted by Crippen LogP contribution is -2.61. The maximum Gasteiger partial charge on any atom is 0.270 e. The summed E-state index contributed by atoms with van der Waals surface area (Å²) < 4.78 is 0. The van der Waals surface area contributed by atoms with E-state index in [4.69, 9.17) is 11.6 Å². The Morgan fingerprint density at radius 1 is 1.12 bits per heavy atom. The monoisotopic (exact) mass is 457 g/mol. The Bertz CT molecular complexity index is 1100. The molecule has 2 N–H and O–H groups in total. The number of pyridine rings is 2. The third kappa shape index (κ3) is 3.94. The van der Waals surface area contributed by atoms with Crippen LogP contribution >= 0.6 is 0 Å². The minimum absolute atomic E-state index is 0.0761. The molecule has 7 nitrogen and oxygen atoms in total. The standard InChI is InChI=1S/C27H31N5O2/c1-28-21-5-6-24(29-16-21)32-9-7-18(8-10-32)22-3-2-4-23(30-22)26(33)31-25-19-11-17-12-20(25)15-27(34,13-17)14-19/h2-6,16-20,25,34H,7-15H2,(H,31,33). The Morgan fingerprint density at radius 2 is 1.88 bits per heavy atom. The minimum atomic E-state index is -0.487. The van der Waals surface area contributed by atoms with Crippen LogP contribution in [0.25, 0.3) is 4.85 Å². The first-order chi connectivity index (χ1) is 16.5. The van der Waals surface area contributed by atoms with Crippen LogP contribution in [0.4, 0.5) is 11.5 Å². The lowest BCUT2D eigenvalue weighted by molar-refractivity contribution is -0.136. The molecule has 2 atom stereocenters. The van der Waals surface area contributed by atoms with E-state index in [0.717, 1.165) is 69.5 Å². The SMILES string of the molecule is [C-]#[N+]c1ccc(N2CCC(c3cccc(C(=O)NC4C5CC6CC4CC(O)(C6)C5)n3)CC2)nc1. The summed E-state index contributed by atoms with van der Waals surface area (Å²) in [5.74, 6) is 2.57. The van der Waals surface area contributed by atoms with Crippen molar-refractivity contribution in [2.75, 3.05) is 18.0 Å².